The summed E-state index contributed by atoms with van der Waals surface area (Å²) in [4.78, 5) is 18.4. The molecule has 2 aliphatic rings. The zero-order chi connectivity index (χ0) is 17.5. The predicted molar refractivity (Wildman–Crippen MR) is 117 cm³/mol. The van der Waals surface area contributed by atoms with Crippen LogP contribution in [0, 0.1) is 0 Å². The molecule has 1 saturated heterocycles. The number of benzene rings is 1. The van der Waals surface area contributed by atoms with Gasteiger partial charge in [-0.1, -0.05) is 30.3 Å². The molecule has 0 aromatic heterocycles. The maximum atomic E-state index is 11.6. The monoisotopic (exact) mass is 470 g/mol. The van der Waals surface area contributed by atoms with Gasteiger partial charge in [0.25, 0.3) is 0 Å². The number of nitrogens with zero attached hydrogens (tertiary/aromatic N) is 2. The molecular weight excluding hydrogens is 439 g/mol. The van der Waals surface area contributed by atoms with E-state index < -0.39 is 0 Å². The Morgan fingerprint density at radius 1 is 1.23 bits per heavy atom. The van der Waals surface area contributed by atoms with Gasteiger partial charge in [0, 0.05) is 38.0 Å². The molecule has 0 atom stereocenters. The summed E-state index contributed by atoms with van der Waals surface area (Å²) in [5.74, 6) is 1.19. The lowest BCUT2D eigenvalue weighted by molar-refractivity contribution is -0.127. The largest absolute Gasteiger partial charge is 0.357 e. The lowest BCUT2D eigenvalue weighted by Crippen LogP contribution is -2.39. The van der Waals surface area contributed by atoms with Crippen LogP contribution in [0.1, 0.15) is 44.6 Å². The van der Waals surface area contributed by atoms with Crippen LogP contribution in [0.5, 0.6) is 0 Å². The Kier molecular flexibility index (Phi) is 8.18. The van der Waals surface area contributed by atoms with E-state index in [1.807, 2.05) is 4.90 Å². The van der Waals surface area contributed by atoms with Gasteiger partial charge < -0.3 is 15.5 Å². The molecule has 1 aromatic carbocycles. The molecule has 6 heteroatoms. The average molecular weight is 470 g/mol. The van der Waals surface area contributed by atoms with Crippen LogP contribution >= 0.6 is 24.0 Å². The number of carbonyl (C=O) groups excluding carboxylic acids is 1. The first-order chi connectivity index (χ1) is 12.2. The van der Waals surface area contributed by atoms with Crippen molar-refractivity contribution in [1.29, 1.82) is 0 Å². The van der Waals surface area contributed by atoms with Crippen molar-refractivity contribution in [2.75, 3.05) is 32.7 Å². The van der Waals surface area contributed by atoms with Crippen LogP contribution < -0.4 is 10.6 Å². The standard InChI is InChI=1S/C20H30N4O.HI/c1-2-21-19(22-13-7-15-24-14-6-10-18(24)25)23-16-20(11-12-20)17-8-4-3-5-9-17;/h3-5,8-9H,2,6-7,10-16H2,1H3,(H2,21,22,23);1H. The smallest absolute Gasteiger partial charge is 0.222 e. The topological polar surface area (TPSA) is 56.7 Å². The van der Waals surface area contributed by atoms with E-state index in [4.69, 9.17) is 4.99 Å². The van der Waals surface area contributed by atoms with Gasteiger partial charge in [-0.15, -0.1) is 24.0 Å². The number of aliphatic imine (C=N–C) groups is 1. The molecule has 0 radical (unpaired) electrons. The van der Waals surface area contributed by atoms with Crippen LogP contribution in [-0.2, 0) is 10.2 Å². The van der Waals surface area contributed by atoms with Gasteiger partial charge in [0.05, 0.1) is 6.54 Å². The first-order valence-electron chi connectivity index (χ1n) is 9.59. The zero-order valence-electron chi connectivity index (χ0n) is 15.7. The number of hydrogen-bond acceptors (Lipinski definition) is 2. The zero-order valence-corrected chi connectivity index (χ0v) is 18.0. The van der Waals surface area contributed by atoms with Gasteiger partial charge in [0.2, 0.25) is 5.91 Å². The molecule has 1 aliphatic carbocycles. The number of nitrogens with one attached hydrogen (secondary N) is 2. The van der Waals surface area contributed by atoms with E-state index in [9.17, 15) is 4.79 Å². The normalized spacial score (nSPS) is 18.4. The molecule has 5 nitrogen and oxygen atoms in total. The van der Waals surface area contributed by atoms with Gasteiger partial charge in [-0.3, -0.25) is 9.79 Å². The summed E-state index contributed by atoms with van der Waals surface area (Å²) in [6.45, 7) is 6.38. The first-order valence-corrected chi connectivity index (χ1v) is 9.59. The minimum absolute atomic E-state index is 0. The van der Waals surface area contributed by atoms with Gasteiger partial charge in [-0.05, 0) is 38.2 Å². The molecule has 2 N–H and O–H groups in total. The van der Waals surface area contributed by atoms with Crippen molar-refractivity contribution in [1.82, 2.24) is 15.5 Å². The number of hydrogen-bond donors (Lipinski definition) is 2. The Labute approximate surface area is 174 Å². The van der Waals surface area contributed by atoms with Crippen LogP contribution in [0.25, 0.3) is 0 Å². The summed E-state index contributed by atoms with van der Waals surface area (Å²) in [6, 6.07) is 10.7. The van der Waals surface area contributed by atoms with Gasteiger partial charge in [-0.25, -0.2) is 0 Å². The molecule has 1 aromatic rings. The summed E-state index contributed by atoms with van der Waals surface area (Å²) in [6.07, 6.45) is 5.13. The number of likely N-dealkylation sites (tertiary alicyclic amines) is 1. The SMILES string of the molecule is CCNC(=NCC1(c2ccccc2)CC1)NCCCN1CCCC1=O.I. The Bertz CT molecular complexity index is 601. The van der Waals surface area contributed by atoms with Crippen molar-refractivity contribution < 1.29 is 4.79 Å². The maximum Gasteiger partial charge on any atom is 0.222 e. The van der Waals surface area contributed by atoms with Crippen molar-refractivity contribution in [3.8, 4) is 0 Å². The highest BCUT2D eigenvalue weighted by molar-refractivity contribution is 14.0. The van der Waals surface area contributed by atoms with Crippen LogP contribution in [-0.4, -0.2) is 49.5 Å². The molecule has 0 bridgehead atoms. The first kappa shape index (κ1) is 21.0. The molecule has 1 amide bonds. The van der Waals surface area contributed by atoms with Crippen LogP contribution in [0.3, 0.4) is 0 Å². The number of guanidine groups is 1. The van der Waals surface area contributed by atoms with E-state index in [0.717, 1.165) is 57.9 Å². The summed E-state index contributed by atoms with van der Waals surface area (Å²) in [5.41, 5.74) is 1.65. The lowest BCUT2D eigenvalue weighted by atomic mass is 9.96. The highest BCUT2D eigenvalue weighted by atomic mass is 127. The van der Waals surface area contributed by atoms with E-state index in [-0.39, 0.29) is 29.4 Å². The number of rotatable bonds is 8. The second-order valence-corrected chi connectivity index (χ2v) is 7.11. The maximum absolute atomic E-state index is 11.6. The predicted octanol–water partition coefficient (Wildman–Crippen LogP) is 2.90. The van der Waals surface area contributed by atoms with Gasteiger partial charge in [-0.2, -0.15) is 0 Å². The van der Waals surface area contributed by atoms with E-state index in [2.05, 4.69) is 47.9 Å². The molecule has 2 fully saturated rings. The highest BCUT2D eigenvalue weighted by Crippen LogP contribution is 2.48. The average Bonchev–Trinajstić information content (AvgIpc) is 3.33. The van der Waals surface area contributed by atoms with Crippen molar-refractivity contribution in [2.45, 2.75) is 44.4 Å². The third-order valence-corrected chi connectivity index (χ3v) is 5.19. The molecule has 0 unspecified atom stereocenters. The van der Waals surface area contributed by atoms with Crippen molar-refractivity contribution in [3.05, 3.63) is 35.9 Å². The van der Waals surface area contributed by atoms with Crippen LogP contribution in [0.15, 0.2) is 35.3 Å². The second kappa shape index (κ2) is 10.1. The Balaban J connectivity index is 0.00000243. The van der Waals surface area contributed by atoms with Gasteiger partial charge in [0.1, 0.15) is 0 Å². The number of halogens is 1. The van der Waals surface area contributed by atoms with Crippen molar-refractivity contribution in [3.63, 3.8) is 0 Å². The van der Waals surface area contributed by atoms with Crippen LogP contribution in [0.4, 0.5) is 0 Å². The fourth-order valence-electron chi connectivity index (χ4n) is 3.47. The summed E-state index contributed by atoms with van der Waals surface area (Å²) >= 11 is 0. The molecule has 1 aliphatic heterocycles. The molecular formula is C20H31IN4O. The quantitative estimate of drug-likeness (QED) is 0.266. The van der Waals surface area contributed by atoms with Crippen molar-refractivity contribution >= 4 is 35.8 Å². The fourth-order valence-corrected chi connectivity index (χ4v) is 3.47. The Morgan fingerprint density at radius 3 is 2.62 bits per heavy atom. The van der Waals surface area contributed by atoms with E-state index in [1.165, 1.54) is 18.4 Å². The third-order valence-electron chi connectivity index (χ3n) is 5.19. The summed E-state index contributed by atoms with van der Waals surface area (Å²) < 4.78 is 0. The van der Waals surface area contributed by atoms with E-state index in [0.29, 0.717) is 5.91 Å². The molecule has 144 valence electrons. The number of amides is 1. The minimum atomic E-state index is 0. The summed E-state index contributed by atoms with van der Waals surface area (Å²) in [5, 5.41) is 6.74. The van der Waals surface area contributed by atoms with Crippen LogP contribution in [0.2, 0.25) is 0 Å². The summed E-state index contributed by atoms with van der Waals surface area (Å²) in [7, 11) is 0. The fraction of sp³-hybridized carbons (Fsp3) is 0.600. The lowest BCUT2D eigenvalue weighted by Gasteiger charge is -2.18. The van der Waals surface area contributed by atoms with Crippen molar-refractivity contribution in [2.24, 2.45) is 4.99 Å². The minimum Gasteiger partial charge on any atom is -0.357 e. The molecule has 26 heavy (non-hydrogen) atoms. The van der Waals surface area contributed by atoms with Gasteiger partial charge >= 0.3 is 0 Å². The Hall–Kier alpha value is -1.31. The van der Waals surface area contributed by atoms with E-state index >= 15 is 0 Å². The second-order valence-electron chi connectivity index (χ2n) is 7.11. The molecule has 1 heterocycles. The highest BCUT2D eigenvalue weighted by Gasteiger charge is 2.43. The molecule has 0 spiro atoms. The molecule has 3 rings (SSSR count). The Morgan fingerprint density at radius 2 is 2.00 bits per heavy atom. The molecule has 1 saturated carbocycles. The van der Waals surface area contributed by atoms with Gasteiger partial charge in [0.15, 0.2) is 5.96 Å². The number of carbonyl (C=O) groups is 1. The third kappa shape index (κ3) is 5.59. The van der Waals surface area contributed by atoms with E-state index in [1.54, 1.807) is 0 Å².